The Morgan fingerprint density at radius 3 is 2.75 bits per heavy atom. The number of aromatic nitrogens is 3. The molecule has 0 saturated heterocycles. The van der Waals surface area contributed by atoms with Gasteiger partial charge in [-0.1, -0.05) is 11.6 Å². The van der Waals surface area contributed by atoms with Gasteiger partial charge in [0.25, 0.3) is 11.5 Å². The lowest BCUT2D eigenvalue weighted by Gasteiger charge is -2.12. The minimum absolute atomic E-state index is 0. The van der Waals surface area contributed by atoms with Crippen molar-refractivity contribution in [2.24, 2.45) is 7.05 Å². The van der Waals surface area contributed by atoms with Crippen molar-refractivity contribution < 1.29 is 9.53 Å². The highest BCUT2D eigenvalue weighted by atomic mass is 35.5. The maximum atomic E-state index is 12.4. The highest BCUT2D eigenvalue weighted by molar-refractivity contribution is 6.33. The van der Waals surface area contributed by atoms with E-state index in [9.17, 15) is 9.59 Å². The fraction of sp³-hybridized carbons (Fsp3) is 0.176. The molecule has 0 saturated carbocycles. The standard InChI is InChI=1S/C17H15Cl2N5O3.ClH/c1-20-14(25)8-27-13-6-9-5-10(3-4-12(9)24(2)16(13)26)22-15-11(18)7-21-17(19)23-15;/h3-7H,8H2,1-2H3,(H,20,25)(H,21,22,23);1H. The Kier molecular flexibility index (Phi) is 7.06. The third-order valence-corrected chi connectivity index (χ3v) is 4.26. The number of nitrogens with one attached hydrogen (secondary N) is 2. The minimum Gasteiger partial charge on any atom is -0.478 e. The summed E-state index contributed by atoms with van der Waals surface area (Å²) in [6.45, 7) is -0.246. The van der Waals surface area contributed by atoms with Gasteiger partial charge in [-0.15, -0.1) is 12.4 Å². The van der Waals surface area contributed by atoms with Crippen LogP contribution < -0.4 is 20.9 Å². The van der Waals surface area contributed by atoms with E-state index in [1.54, 1.807) is 31.3 Å². The van der Waals surface area contributed by atoms with E-state index < -0.39 is 0 Å². The molecule has 11 heteroatoms. The Hall–Kier alpha value is -2.55. The van der Waals surface area contributed by atoms with Gasteiger partial charge < -0.3 is 19.9 Å². The van der Waals surface area contributed by atoms with Crippen LogP contribution >= 0.6 is 35.6 Å². The third kappa shape index (κ3) is 4.64. The number of hydrogen-bond acceptors (Lipinski definition) is 6. The highest BCUT2D eigenvalue weighted by Gasteiger charge is 2.11. The van der Waals surface area contributed by atoms with Crippen LogP contribution in [0.3, 0.4) is 0 Å². The van der Waals surface area contributed by atoms with Crippen molar-refractivity contribution >= 4 is 63.9 Å². The number of amides is 1. The molecular weight excluding hydrogens is 429 g/mol. The average molecular weight is 445 g/mol. The third-order valence-electron chi connectivity index (χ3n) is 3.81. The predicted molar refractivity (Wildman–Crippen MR) is 111 cm³/mol. The summed E-state index contributed by atoms with van der Waals surface area (Å²) in [6.07, 6.45) is 1.40. The van der Waals surface area contributed by atoms with Crippen molar-refractivity contribution in [2.75, 3.05) is 19.0 Å². The molecular formula is C17H16Cl3N5O3. The summed E-state index contributed by atoms with van der Waals surface area (Å²) in [5, 5.41) is 6.60. The molecule has 0 spiro atoms. The van der Waals surface area contributed by atoms with E-state index >= 15 is 0 Å². The van der Waals surface area contributed by atoms with Crippen LogP contribution in [0.1, 0.15) is 0 Å². The van der Waals surface area contributed by atoms with Gasteiger partial charge in [0.2, 0.25) is 5.28 Å². The number of nitrogens with zero attached hydrogens (tertiary/aromatic N) is 3. The van der Waals surface area contributed by atoms with E-state index in [2.05, 4.69) is 20.6 Å². The number of carbonyl (C=O) groups is 1. The molecule has 0 atom stereocenters. The molecule has 0 unspecified atom stereocenters. The first kappa shape index (κ1) is 21.7. The number of rotatable bonds is 5. The van der Waals surface area contributed by atoms with Crippen molar-refractivity contribution in [2.45, 2.75) is 0 Å². The van der Waals surface area contributed by atoms with Crippen LogP contribution in [-0.2, 0) is 11.8 Å². The molecule has 3 rings (SSSR count). The van der Waals surface area contributed by atoms with Gasteiger partial charge in [-0.2, -0.15) is 4.98 Å². The van der Waals surface area contributed by atoms with Crippen LogP contribution in [0.4, 0.5) is 11.5 Å². The van der Waals surface area contributed by atoms with Gasteiger partial charge in [0.15, 0.2) is 18.2 Å². The largest absolute Gasteiger partial charge is 0.478 e. The van der Waals surface area contributed by atoms with E-state index in [0.29, 0.717) is 22.0 Å². The Balaban J connectivity index is 0.00000280. The fourth-order valence-electron chi connectivity index (χ4n) is 2.42. The van der Waals surface area contributed by atoms with E-state index in [1.165, 1.54) is 17.8 Å². The molecule has 1 aromatic carbocycles. The minimum atomic E-state index is -0.335. The number of hydrogen-bond donors (Lipinski definition) is 2. The van der Waals surface area contributed by atoms with Crippen LogP contribution in [0.15, 0.2) is 35.3 Å². The van der Waals surface area contributed by atoms with Crippen LogP contribution in [-0.4, -0.2) is 34.1 Å². The first-order valence-electron chi connectivity index (χ1n) is 7.81. The van der Waals surface area contributed by atoms with Gasteiger partial charge in [-0.3, -0.25) is 9.59 Å². The number of anilines is 2. The summed E-state index contributed by atoms with van der Waals surface area (Å²) >= 11 is 11.9. The van der Waals surface area contributed by atoms with Crippen molar-refractivity contribution in [1.82, 2.24) is 19.9 Å². The van der Waals surface area contributed by atoms with E-state index in [1.807, 2.05) is 0 Å². The summed E-state index contributed by atoms with van der Waals surface area (Å²) in [6, 6.07) is 6.94. The van der Waals surface area contributed by atoms with E-state index in [4.69, 9.17) is 27.9 Å². The van der Waals surface area contributed by atoms with Crippen LogP contribution in [0.2, 0.25) is 10.3 Å². The zero-order valence-electron chi connectivity index (χ0n) is 14.8. The lowest BCUT2D eigenvalue weighted by Crippen LogP contribution is -2.27. The number of ether oxygens (including phenoxy) is 1. The second kappa shape index (κ2) is 9.09. The molecule has 148 valence electrons. The summed E-state index contributed by atoms with van der Waals surface area (Å²) < 4.78 is 6.80. The van der Waals surface area contributed by atoms with Gasteiger partial charge in [0, 0.05) is 25.2 Å². The maximum absolute atomic E-state index is 12.4. The molecule has 8 nitrogen and oxygen atoms in total. The molecule has 0 radical (unpaired) electrons. The first-order valence-corrected chi connectivity index (χ1v) is 8.57. The lowest BCUT2D eigenvalue weighted by atomic mass is 10.2. The molecule has 2 heterocycles. The van der Waals surface area contributed by atoms with Crippen molar-refractivity contribution in [3.05, 3.63) is 51.1 Å². The number of fused-ring (bicyclic) bond motifs is 1. The highest BCUT2D eigenvalue weighted by Crippen LogP contribution is 2.26. The predicted octanol–water partition coefficient (Wildman–Crippen LogP) is 2.93. The number of benzene rings is 1. The summed E-state index contributed by atoms with van der Waals surface area (Å²) in [4.78, 5) is 31.6. The monoisotopic (exact) mass is 443 g/mol. The van der Waals surface area contributed by atoms with Crippen LogP contribution in [0, 0.1) is 0 Å². The molecule has 3 aromatic rings. The Labute approximate surface area is 176 Å². The normalized spacial score (nSPS) is 10.3. The average Bonchev–Trinajstić information content (AvgIpc) is 2.66. The Bertz CT molecular complexity index is 1090. The SMILES string of the molecule is CNC(=O)COc1cc2cc(Nc3nc(Cl)ncc3Cl)ccc2n(C)c1=O.Cl. The molecule has 28 heavy (non-hydrogen) atoms. The second-order valence-electron chi connectivity index (χ2n) is 5.57. The molecule has 0 aliphatic rings. The molecule has 0 fully saturated rings. The molecule has 2 aromatic heterocycles. The number of pyridine rings is 1. The zero-order valence-corrected chi connectivity index (χ0v) is 17.2. The summed E-state index contributed by atoms with van der Waals surface area (Å²) in [5.74, 6) is 0.105. The summed E-state index contributed by atoms with van der Waals surface area (Å²) in [7, 11) is 3.12. The fourth-order valence-corrected chi connectivity index (χ4v) is 2.69. The van der Waals surface area contributed by atoms with Crippen LogP contribution in [0.25, 0.3) is 10.9 Å². The second-order valence-corrected chi connectivity index (χ2v) is 6.31. The quantitative estimate of drug-likeness (QED) is 0.587. The van der Waals surface area contributed by atoms with E-state index in [-0.39, 0.29) is 41.5 Å². The Morgan fingerprint density at radius 2 is 2.04 bits per heavy atom. The lowest BCUT2D eigenvalue weighted by molar-refractivity contribution is -0.122. The van der Waals surface area contributed by atoms with Crippen molar-refractivity contribution in [3.8, 4) is 5.75 Å². The molecule has 0 bridgehead atoms. The van der Waals surface area contributed by atoms with Gasteiger partial charge in [-0.05, 0) is 35.9 Å². The molecule has 1 amide bonds. The van der Waals surface area contributed by atoms with Gasteiger partial charge >= 0.3 is 0 Å². The van der Waals surface area contributed by atoms with Gasteiger partial charge in [0.1, 0.15) is 5.02 Å². The van der Waals surface area contributed by atoms with Crippen molar-refractivity contribution in [1.29, 1.82) is 0 Å². The Morgan fingerprint density at radius 1 is 1.29 bits per heavy atom. The van der Waals surface area contributed by atoms with Crippen LogP contribution in [0.5, 0.6) is 5.75 Å². The maximum Gasteiger partial charge on any atom is 0.293 e. The topological polar surface area (TPSA) is 98.1 Å². The van der Waals surface area contributed by atoms with Gasteiger partial charge in [-0.25, -0.2) is 4.98 Å². The molecule has 0 aliphatic carbocycles. The smallest absolute Gasteiger partial charge is 0.293 e. The number of aryl methyl sites for hydroxylation is 1. The number of carbonyl (C=O) groups excluding carboxylic acids is 1. The molecule has 0 aliphatic heterocycles. The van der Waals surface area contributed by atoms with E-state index in [0.717, 1.165) is 5.39 Å². The number of likely N-dealkylation sites (N-methyl/N-ethyl adjacent to an activating group) is 1. The van der Waals surface area contributed by atoms with Crippen molar-refractivity contribution in [3.63, 3.8) is 0 Å². The number of halogens is 3. The van der Waals surface area contributed by atoms with Gasteiger partial charge in [0.05, 0.1) is 11.7 Å². The first-order chi connectivity index (χ1) is 12.9. The molecule has 2 N–H and O–H groups in total. The summed E-state index contributed by atoms with van der Waals surface area (Å²) in [5.41, 5.74) is 1.04. The zero-order chi connectivity index (χ0) is 19.6.